The summed E-state index contributed by atoms with van der Waals surface area (Å²) in [6.07, 6.45) is -0.338. The van der Waals surface area contributed by atoms with Gasteiger partial charge in [-0.05, 0) is 19.9 Å². The van der Waals surface area contributed by atoms with Crippen LogP contribution in [0.2, 0.25) is 0 Å². The van der Waals surface area contributed by atoms with E-state index in [0.29, 0.717) is 45.3 Å². The molecule has 8 heteroatoms. The van der Waals surface area contributed by atoms with Crippen LogP contribution >= 0.6 is 0 Å². The van der Waals surface area contributed by atoms with Crippen LogP contribution in [0, 0.1) is 0 Å². The van der Waals surface area contributed by atoms with Crippen molar-refractivity contribution in [3.05, 3.63) is 17.8 Å². The van der Waals surface area contributed by atoms with Gasteiger partial charge in [-0.3, -0.25) is 4.79 Å². The largest absolute Gasteiger partial charge is 0.477 e. The van der Waals surface area contributed by atoms with Gasteiger partial charge in [0.2, 0.25) is 5.88 Å². The minimum atomic E-state index is -0.338. The van der Waals surface area contributed by atoms with Crippen LogP contribution in [-0.2, 0) is 4.74 Å². The van der Waals surface area contributed by atoms with E-state index in [2.05, 4.69) is 10.2 Å². The predicted molar refractivity (Wildman–Crippen MR) is 77.7 cm³/mol. The number of nitrogens with zero attached hydrogens (tertiary/aromatic N) is 4. The van der Waals surface area contributed by atoms with Crippen LogP contribution in [0.5, 0.6) is 5.88 Å². The Morgan fingerprint density at radius 1 is 1.05 bits per heavy atom. The number of rotatable bonds is 4. The molecule has 1 saturated heterocycles. The molecule has 1 fully saturated rings. The zero-order chi connectivity index (χ0) is 15.9. The summed E-state index contributed by atoms with van der Waals surface area (Å²) in [6, 6.07) is 3.22. The third-order valence-electron chi connectivity index (χ3n) is 3.24. The number of hydrogen-bond acceptors (Lipinski definition) is 6. The molecule has 0 atom stereocenters. The third kappa shape index (κ3) is 3.84. The molecule has 0 radical (unpaired) electrons. The number of ether oxygens (including phenoxy) is 2. The maximum absolute atomic E-state index is 12.3. The molecule has 0 aromatic carbocycles. The minimum absolute atomic E-state index is 0.195. The third-order valence-corrected chi connectivity index (χ3v) is 3.24. The van der Waals surface area contributed by atoms with E-state index in [9.17, 15) is 9.59 Å². The Hall–Kier alpha value is -2.38. The first-order chi connectivity index (χ1) is 10.7. The summed E-state index contributed by atoms with van der Waals surface area (Å²) in [6.45, 7) is 6.27. The first-order valence-electron chi connectivity index (χ1n) is 7.33. The number of hydrogen-bond donors (Lipinski definition) is 0. The molecule has 1 aromatic rings. The maximum atomic E-state index is 12.3. The second-order valence-corrected chi connectivity index (χ2v) is 4.67. The summed E-state index contributed by atoms with van der Waals surface area (Å²) in [4.78, 5) is 27.2. The molecule has 1 aromatic heterocycles. The van der Waals surface area contributed by atoms with Crippen molar-refractivity contribution in [1.29, 1.82) is 0 Å². The van der Waals surface area contributed by atoms with Crippen molar-refractivity contribution in [3.63, 3.8) is 0 Å². The van der Waals surface area contributed by atoms with Gasteiger partial charge in [0.15, 0.2) is 5.69 Å². The minimum Gasteiger partial charge on any atom is -0.477 e. The first kappa shape index (κ1) is 16.0. The molecule has 0 unspecified atom stereocenters. The normalized spacial score (nSPS) is 14.6. The molecule has 0 saturated carbocycles. The van der Waals surface area contributed by atoms with E-state index < -0.39 is 0 Å². The van der Waals surface area contributed by atoms with Crippen LogP contribution in [0.15, 0.2) is 12.1 Å². The Labute approximate surface area is 129 Å². The maximum Gasteiger partial charge on any atom is 0.409 e. The highest BCUT2D eigenvalue weighted by molar-refractivity contribution is 5.92. The summed E-state index contributed by atoms with van der Waals surface area (Å²) in [7, 11) is 0. The van der Waals surface area contributed by atoms with Gasteiger partial charge in [0.05, 0.1) is 13.2 Å². The lowest BCUT2D eigenvalue weighted by atomic mass is 10.2. The van der Waals surface area contributed by atoms with Gasteiger partial charge in [0.25, 0.3) is 5.91 Å². The van der Waals surface area contributed by atoms with Gasteiger partial charge in [0, 0.05) is 32.2 Å². The molecule has 2 amide bonds. The van der Waals surface area contributed by atoms with Crippen molar-refractivity contribution in [2.24, 2.45) is 0 Å². The monoisotopic (exact) mass is 308 g/mol. The van der Waals surface area contributed by atoms with Crippen molar-refractivity contribution in [3.8, 4) is 5.88 Å². The highest BCUT2D eigenvalue weighted by Crippen LogP contribution is 2.10. The fraction of sp³-hybridized carbons (Fsp3) is 0.571. The van der Waals surface area contributed by atoms with Crippen LogP contribution in [0.3, 0.4) is 0 Å². The van der Waals surface area contributed by atoms with Crippen molar-refractivity contribution < 1.29 is 19.1 Å². The molecular formula is C14H20N4O4. The summed E-state index contributed by atoms with van der Waals surface area (Å²) >= 11 is 0. The van der Waals surface area contributed by atoms with E-state index in [0.717, 1.165) is 0 Å². The number of carbonyl (C=O) groups is 2. The first-order valence-corrected chi connectivity index (χ1v) is 7.33. The zero-order valence-electron chi connectivity index (χ0n) is 12.8. The Balaban J connectivity index is 1.90. The Bertz CT molecular complexity index is 512. The number of aromatic nitrogens is 2. The van der Waals surface area contributed by atoms with E-state index >= 15 is 0 Å². The van der Waals surface area contributed by atoms with Crippen LogP contribution in [0.4, 0.5) is 4.79 Å². The topological polar surface area (TPSA) is 84.9 Å². The number of amides is 2. The quantitative estimate of drug-likeness (QED) is 0.817. The molecule has 1 aliphatic heterocycles. The summed E-state index contributed by atoms with van der Waals surface area (Å²) < 4.78 is 10.1. The van der Waals surface area contributed by atoms with Gasteiger partial charge in [-0.1, -0.05) is 0 Å². The van der Waals surface area contributed by atoms with Gasteiger partial charge in [-0.15, -0.1) is 10.2 Å². The van der Waals surface area contributed by atoms with Gasteiger partial charge in [-0.25, -0.2) is 4.79 Å². The van der Waals surface area contributed by atoms with E-state index in [1.807, 2.05) is 6.92 Å². The van der Waals surface area contributed by atoms with Crippen LogP contribution in [-0.4, -0.2) is 71.4 Å². The number of carbonyl (C=O) groups excluding carboxylic acids is 2. The molecule has 8 nitrogen and oxygen atoms in total. The van der Waals surface area contributed by atoms with E-state index in [1.165, 1.54) is 0 Å². The molecule has 22 heavy (non-hydrogen) atoms. The van der Waals surface area contributed by atoms with Crippen LogP contribution < -0.4 is 4.74 Å². The smallest absolute Gasteiger partial charge is 0.409 e. The zero-order valence-corrected chi connectivity index (χ0v) is 12.8. The van der Waals surface area contributed by atoms with E-state index in [-0.39, 0.29) is 17.7 Å². The average molecular weight is 308 g/mol. The fourth-order valence-corrected chi connectivity index (χ4v) is 2.13. The molecular weight excluding hydrogens is 288 g/mol. The van der Waals surface area contributed by atoms with Gasteiger partial charge in [-0.2, -0.15) is 0 Å². The molecule has 0 spiro atoms. The Morgan fingerprint density at radius 3 is 2.27 bits per heavy atom. The summed E-state index contributed by atoms with van der Waals surface area (Å²) in [5, 5.41) is 7.73. The molecule has 120 valence electrons. The van der Waals surface area contributed by atoms with E-state index in [1.54, 1.807) is 28.9 Å². The van der Waals surface area contributed by atoms with E-state index in [4.69, 9.17) is 9.47 Å². The van der Waals surface area contributed by atoms with Crippen molar-refractivity contribution in [2.75, 3.05) is 39.4 Å². The molecule has 2 rings (SSSR count). The highest BCUT2D eigenvalue weighted by Gasteiger charge is 2.26. The van der Waals surface area contributed by atoms with Gasteiger partial charge >= 0.3 is 6.09 Å². The Morgan fingerprint density at radius 2 is 1.73 bits per heavy atom. The SMILES string of the molecule is CCOC(=O)N1CCN(C(=O)c2ccc(OCC)nn2)CC1. The standard InChI is InChI=1S/C14H20N4O4/c1-3-21-12-6-5-11(15-16-12)13(19)17-7-9-18(10-8-17)14(20)22-4-2/h5-6H,3-4,7-10H2,1-2H3. The Kier molecular flexibility index (Phi) is 5.51. The molecule has 0 N–H and O–H groups in total. The second kappa shape index (κ2) is 7.58. The van der Waals surface area contributed by atoms with Crippen molar-refractivity contribution in [1.82, 2.24) is 20.0 Å². The highest BCUT2D eigenvalue weighted by atomic mass is 16.6. The lowest BCUT2D eigenvalue weighted by molar-refractivity contribution is 0.0565. The number of piperazine rings is 1. The van der Waals surface area contributed by atoms with Crippen LogP contribution in [0.1, 0.15) is 24.3 Å². The lowest BCUT2D eigenvalue weighted by Gasteiger charge is -2.33. The van der Waals surface area contributed by atoms with Gasteiger partial charge in [0.1, 0.15) is 0 Å². The molecule has 0 bridgehead atoms. The van der Waals surface area contributed by atoms with Crippen molar-refractivity contribution in [2.45, 2.75) is 13.8 Å². The average Bonchev–Trinajstić information content (AvgIpc) is 2.55. The molecule has 2 heterocycles. The summed E-state index contributed by atoms with van der Waals surface area (Å²) in [5.74, 6) is 0.199. The molecule has 0 aliphatic carbocycles. The lowest BCUT2D eigenvalue weighted by Crippen LogP contribution is -2.50. The second-order valence-electron chi connectivity index (χ2n) is 4.67. The van der Waals surface area contributed by atoms with Crippen molar-refractivity contribution >= 4 is 12.0 Å². The molecule has 1 aliphatic rings. The van der Waals surface area contributed by atoms with Gasteiger partial charge < -0.3 is 19.3 Å². The van der Waals surface area contributed by atoms with Crippen LogP contribution in [0.25, 0.3) is 0 Å². The summed E-state index contributed by atoms with van der Waals surface area (Å²) in [5.41, 5.74) is 0.271. The fourth-order valence-electron chi connectivity index (χ4n) is 2.13. The predicted octanol–water partition coefficient (Wildman–Crippen LogP) is 0.790.